The van der Waals surface area contributed by atoms with Gasteiger partial charge in [-0.1, -0.05) is 0 Å². The van der Waals surface area contributed by atoms with Crippen molar-refractivity contribution < 1.29 is 19.0 Å². The van der Waals surface area contributed by atoms with E-state index >= 15 is 0 Å². The van der Waals surface area contributed by atoms with Crippen LogP contribution in [-0.4, -0.2) is 16.3 Å². The zero-order valence-corrected chi connectivity index (χ0v) is 7.09. The van der Waals surface area contributed by atoms with E-state index in [-0.39, 0.29) is 12.0 Å². The van der Waals surface area contributed by atoms with E-state index in [9.17, 15) is 8.78 Å². The molecule has 1 atom stereocenters. The molecule has 1 rings (SSSR count). The number of hydrogen-bond acceptors (Lipinski definition) is 2. The van der Waals surface area contributed by atoms with Crippen LogP contribution < -0.4 is 0 Å². The van der Waals surface area contributed by atoms with Crippen LogP contribution in [0.15, 0.2) is 12.1 Å². The third kappa shape index (κ3) is 2.15. The molecule has 0 saturated carbocycles. The molecule has 0 heterocycles. The maximum Gasteiger partial charge on any atom is 0.165 e. The Morgan fingerprint density at radius 3 is 2.38 bits per heavy atom. The number of benzene rings is 1. The van der Waals surface area contributed by atoms with E-state index < -0.39 is 23.5 Å². The van der Waals surface area contributed by atoms with Gasteiger partial charge in [0.2, 0.25) is 0 Å². The summed E-state index contributed by atoms with van der Waals surface area (Å²) in [4.78, 5) is 0. The van der Waals surface area contributed by atoms with Crippen molar-refractivity contribution >= 4 is 0 Å². The summed E-state index contributed by atoms with van der Waals surface area (Å²) in [6, 6.07) is 1.77. The van der Waals surface area contributed by atoms with E-state index in [1.807, 2.05) is 0 Å². The Morgan fingerprint density at radius 1 is 1.31 bits per heavy atom. The van der Waals surface area contributed by atoms with E-state index in [0.29, 0.717) is 0 Å². The number of aliphatic hydroxyl groups is 1. The molecule has 0 radical (unpaired) electrons. The lowest BCUT2D eigenvalue weighted by Gasteiger charge is -2.08. The molecule has 2 N–H and O–H groups in total. The first-order valence-electron chi connectivity index (χ1n) is 3.86. The first kappa shape index (κ1) is 9.92. The molecule has 1 aromatic carbocycles. The summed E-state index contributed by atoms with van der Waals surface area (Å²) in [5.41, 5.74) is -0.185. The van der Waals surface area contributed by atoms with E-state index in [4.69, 9.17) is 10.2 Å². The number of phenolic OH excluding ortho intramolecular Hbond substituents is 1. The molecule has 0 amide bonds. The smallest absolute Gasteiger partial charge is 0.165 e. The first-order valence-corrected chi connectivity index (χ1v) is 3.86. The quantitative estimate of drug-likeness (QED) is 0.739. The van der Waals surface area contributed by atoms with Gasteiger partial charge < -0.3 is 10.2 Å². The van der Waals surface area contributed by atoms with Crippen LogP contribution in [0.25, 0.3) is 0 Å². The van der Waals surface area contributed by atoms with Crippen LogP contribution in [0.2, 0.25) is 0 Å². The van der Waals surface area contributed by atoms with Crippen LogP contribution in [0.1, 0.15) is 12.5 Å². The van der Waals surface area contributed by atoms with Crippen molar-refractivity contribution in [2.75, 3.05) is 0 Å². The fourth-order valence-electron chi connectivity index (χ4n) is 1.07. The topological polar surface area (TPSA) is 40.5 Å². The first-order chi connectivity index (χ1) is 6.02. The highest BCUT2D eigenvalue weighted by Crippen LogP contribution is 2.24. The number of rotatable bonds is 2. The van der Waals surface area contributed by atoms with Crippen molar-refractivity contribution in [3.8, 4) is 5.75 Å². The monoisotopic (exact) mass is 188 g/mol. The molecule has 1 unspecified atom stereocenters. The minimum absolute atomic E-state index is 0.102. The van der Waals surface area contributed by atoms with E-state index in [1.54, 1.807) is 0 Å². The fourth-order valence-corrected chi connectivity index (χ4v) is 1.07. The second-order valence-corrected chi connectivity index (χ2v) is 2.91. The summed E-state index contributed by atoms with van der Waals surface area (Å²) in [5, 5.41) is 18.0. The summed E-state index contributed by atoms with van der Waals surface area (Å²) < 4.78 is 25.7. The molecule has 0 bridgehead atoms. The van der Waals surface area contributed by atoms with Gasteiger partial charge >= 0.3 is 0 Å². The number of aliphatic hydroxyl groups excluding tert-OH is 1. The highest BCUT2D eigenvalue weighted by molar-refractivity contribution is 5.35. The molecule has 0 fully saturated rings. The van der Waals surface area contributed by atoms with Gasteiger partial charge in [0.15, 0.2) is 11.6 Å². The predicted octanol–water partition coefficient (Wildman–Crippen LogP) is 1.59. The maximum absolute atomic E-state index is 13.0. The van der Waals surface area contributed by atoms with Crippen LogP contribution in [0.3, 0.4) is 0 Å². The lowest BCUT2D eigenvalue weighted by molar-refractivity contribution is 0.192. The largest absolute Gasteiger partial charge is 0.505 e. The fraction of sp³-hybridized carbons (Fsp3) is 0.333. The molecular formula is C9H10F2O2. The normalized spacial score (nSPS) is 12.9. The average molecular weight is 188 g/mol. The van der Waals surface area contributed by atoms with Crippen LogP contribution in [0, 0.1) is 11.6 Å². The molecule has 72 valence electrons. The number of halogens is 2. The second-order valence-electron chi connectivity index (χ2n) is 2.91. The molecule has 13 heavy (non-hydrogen) atoms. The third-order valence-corrected chi connectivity index (χ3v) is 1.68. The van der Waals surface area contributed by atoms with Crippen molar-refractivity contribution in [3.05, 3.63) is 29.3 Å². The average Bonchev–Trinajstić information content (AvgIpc) is 2.05. The number of phenols is 1. The summed E-state index contributed by atoms with van der Waals surface area (Å²) in [7, 11) is 0. The molecule has 0 aliphatic rings. The lowest BCUT2D eigenvalue weighted by Crippen LogP contribution is -2.06. The molecule has 0 aliphatic heterocycles. The Hall–Kier alpha value is -1.16. The zero-order chi connectivity index (χ0) is 10.0. The highest BCUT2D eigenvalue weighted by Gasteiger charge is 2.14. The van der Waals surface area contributed by atoms with E-state index in [2.05, 4.69) is 0 Å². The van der Waals surface area contributed by atoms with Gasteiger partial charge in [0.1, 0.15) is 5.82 Å². The molecular weight excluding hydrogens is 178 g/mol. The summed E-state index contributed by atoms with van der Waals surface area (Å²) in [5.74, 6) is -2.31. The Bertz CT molecular complexity index is 311. The van der Waals surface area contributed by atoms with Crippen molar-refractivity contribution in [3.63, 3.8) is 0 Å². The van der Waals surface area contributed by atoms with E-state index in [0.717, 1.165) is 12.1 Å². The van der Waals surface area contributed by atoms with Crippen molar-refractivity contribution in [1.29, 1.82) is 0 Å². The number of aromatic hydroxyl groups is 1. The van der Waals surface area contributed by atoms with Gasteiger partial charge in [0, 0.05) is 12.0 Å². The van der Waals surface area contributed by atoms with Gasteiger partial charge in [-0.25, -0.2) is 8.78 Å². The van der Waals surface area contributed by atoms with Crippen molar-refractivity contribution in [1.82, 2.24) is 0 Å². The maximum atomic E-state index is 13.0. The Labute approximate surface area is 74.4 Å². The predicted molar refractivity (Wildman–Crippen MR) is 43.4 cm³/mol. The SMILES string of the molecule is CC(O)Cc1c(F)ccc(F)c1O. The Balaban J connectivity index is 3.10. The van der Waals surface area contributed by atoms with Crippen LogP contribution >= 0.6 is 0 Å². The zero-order valence-electron chi connectivity index (χ0n) is 7.09. The lowest BCUT2D eigenvalue weighted by atomic mass is 10.1. The molecule has 0 aliphatic carbocycles. The third-order valence-electron chi connectivity index (χ3n) is 1.68. The number of hydrogen-bond donors (Lipinski definition) is 2. The molecule has 0 aromatic heterocycles. The highest BCUT2D eigenvalue weighted by atomic mass is 19.1. The minimum atomic E-state index is -0.878. The summed E-state index contributed by atoms with van der Waals surface area (Å²) in [6.07, 6.45) is -0.919. The van der Waals surface area contributed by atoms with Crippen LogP contribution in [0.4, 0.5) is 8.78 Å². The minimum Gasteiger partial charge on any atom is -0.505 e. The van der Waals surface area contributed by atoms with Gasteiger partial charge in [0.05, 0.1) is 6.10 Å². The summed E-state index contributed by atoms with van der Waals surface area (Å²) >= 11 is 0. The van der Waals surface area contributed by atoms with E-state index in [1.165, 1.54) is 6.92 Å². The van der Waals surface area contributed by atoms with Gasteiger partial charge in [-0.15, -0.1) is 0 Å². The molecule has 0 spiro atoms. The second kappa shape index (κ2) is 3.70. The molecule has 2 nitrogen and oxygen atoms in total. The van der Waals surface area contributed by atoms with Gasteiger partial charge in [0.25, 0.3) is 0 Å². The van der Waals surface area contributed by atoms with Gasteiger partial charge in [-0.2, -0.15) is 0 Å². The van der Waals surface area contributed by atoms with Crippen molar-refractivity contribution in [2.45, 2.75) is 19.4 Å². The Morgan fingerprint density at radius 2 is 1.85 bits per heavy atom. The Kier molecular flexibility index (Phi) is 2.83. The van der Waals surface area contributed by atoms with Crippen LogP contribution in [0.5, 0.6) is 5.75 Å². The van der Waals surface area contributed by atoms with Crippen LogP contribution in [-0.2, 0) is 6.42 Å². The standard InChI is InChI=1S/C9H10F2O2/c1-5(12)4-6-7(10)2-3-8(11)9(6)13/h2-3,5,12-13H,4H2,1H3. The van der Waals surface area contributed by atoms with Crippen molar-refractivity contribution in [2.24, 2.45) is 0 Å². The van der Waals surface area contributed by atoms with Gasteiger partial charge in [-0.05, 0) is 19.1 Å². The molecule has 1 aromatic rings. The van der Waals surface area contributed by atoms with Gasteiger partial charge in [-0.3, -0.25) is 0 Å². The summed E-state index contributed by atoms with van der Waals surface area (Å²) in [6.45, 7) is 1.43. The molecule has 0 saturated heterocycles. The molecule has 4 heteroatoms.